The number of nitrogens with one attached hydrogen (secondary N) is 2. The lowest BCUT2D eigenvalue weighted by molar-refractivity contribution is -0.872. The molecule has 0 radical (unpaired) electrons. The summed E-state index contributed by atoms with van der Waals surface area (Å²) in [5.41, 5.74) is 3.74. The van der Waals surface area contributed by atoms with Gasteiger partial charge in [-0.1, -0.05) is 57.2 Å². The molecule has 0 fully saturated rings. The minimum atomic E-state index is -0.119. The number of benzene rings is 2. The monoisotopic (exact) mass is 355 g/mol. The van der Waals surface area contributed by atoms with Crippen LogP contribution in [0, 0.1) is 0 Å². The summed E-state index contributed by atoms with van der Waals surface area (Å²) in [5.74, 6) is 0.593. The van der Waals surface area contributed by atoms with E-state index in [1.165, 1.54) is 16.0 Å². The first-order valence-electron chi connectivity index (χ1n) is 9.11. The molecule has 2 aromatic rings. The van der Waals surface area contributed by atoms with Gasteiger partial charge in [-0.05, 0) is 28.7 Å². The van der Waals surface area contributed by atoms with E-state index in [1.54, 1.807) is 0 Å². The van der Waals surface area contributed by atoms with Gasteiger partial charge in [0.05, 0.1) is 14.1 Å². The molecule has 140 valence electrons. The van der Waals surface area contributed by atoms with E-state index in [0.29, 0.717) is 12.3 Å². The molecule has 4 nitrogen and oxygen atoms in total. The Hall–Kier alpha value is -2.33. The van der Waals surface area contributed by atoms with Crippen molar-refractivity contribution in [2.75, 3.05) is 20.7 Å². The van der Waals surface area contributed by atoms with E-state index in [2.05, 4.69) is 64.4 Å². The SMILES string of the molecule is C[NH+](C)Cc1ccc(CNC(=O)COc2ccc(C(C)(C)C)cc2)cc1. The molecule has 0 unspecified atom stereocenters. The maximum absolute atomic E-state index is 12.0. The van der Waals surface area contributed by atoms with Gasteiger partial charge >= 0.3 is 0 Å². The third kappa shape index (κ3) is 6.52. The van der Waals surface area contributed by atoms with Crippen LogP contribution < -0.4 is 15.0 Å². The fourth-order valence-corrected chi connectivity index (χ4v) is 2.63. The molecule has 0 saturated carbocycles. The molecule has 0 atom stereocenters. The Morgan fingerprint density at radius 3 is 2.08 bits per heavy atom. The highest BCUT2D eigenvalue weighted by Gasteiger charge is 2.13. The molecule has 0 aliphatic rings. The summed E-state index contributed by atoms with van der Waals surface area (Å²) in [7, 11) is 4.26. The summed E-state index contributed by atoms with van der Waals surface area (Å²) in [6, 6.07) is 16.3. The Kier molecular flexibility index (Phi) is 6.81. The van der Waals surface area contributed by atoms with Crippen molar-refractivity contribution >= 4 is 5.91 Å². The van der Waals surface area contributed by atoms with Crippen molar-refractivity contribution in [3.63, 3.8) is 0 Å². The Labute approximate surface area is 157 Å². The molecule has 2 aromatic carbocycles. The second-order valence-corrected chi connectivity index (χ2v) is 8.04. The van der Waals surface area contributed by atoms with Crippen molar-refractivity contribution in [1.82, 2.24) is 5.32 Å². The molecule has 0 spiro atoms. The van der Waals surface area contributed by atoms with Crippen LogP contribution in [0.1, 0.15) is 37.5 Å². The number of amides is 1. The molecule has 1 amide bonds. The predicted molar refractivity (Wildman–Crippen MR) is 105 cm³/mol. The van der Waals surface area contributed by atoms with Crippen LogP contribution in [0.15, 0.2) is 48.5 Å². The third-order valence-electron chi connectivity index (χ3n) is 4.16. The fourth-order valence-electron chi connectivity index (χ4n) is 2.63. The standard InChI is InChI=1S/C22H30N2O2/c1-22(2,3)19-10-12-20(13-11-19)26-16-21(25)23-14-17-6-8-18(9-7-17)15-24(4)5/h6-13H,14-16H2,1-5H3,(H,23,25)/p+1. The number of carbonyl (C=O) groups is 1. The minimum Gasteiger partial charge on any atom is -0.484 e. The van der Waals surface area contributed by atoms with E-state index < -0.39 is 0 Å². The first-order valence-corrected chi connectivity index (χ1v) is 9.11. The second-order valence-electron chi connectivity index (χ2n) is 8.04. The van der Waals surface area contributed by atoms with Crippen LogP contribution in [0.25, 0.3) is 0 Å². The van der Waals surface area contributed by atoms with Crippen molar-refractivity contribution < 1.29 is 14.4 Å². The molecule has 0 aromatic heterocycles. The maximum Gasteiger partial charge on any atom is 0.258 e. The van der Waals surface area contributed by atoms with E-state index >= 15 is 0 Å². The number of carbonyl (C=O) groups excluding carboxylic acids is 1. The zero-order valence-corrected chi connectivity index (χ0v) is 16.6. The van der Waals surface area contributed by atoms with Crippen LogP contribution >= 0.6 is 0 Å². The summed E-state index contributed by atoms with van der Waals surface area (Å²) >= 11 is 0. The Morgan fingerprint density at radius 2 is 1.54 bits per heavy atom. The topological polar surface area (TPSA) is 42.8 Å². The Balaban J connectivity index is 1.76. The summed E-state index contributed by atoms with van der Waals surface area (Å²) in [6.45, 7) is 8.05. The van der Waals surface area contributed by atoms with Crippen molar-refractivity contribution in [3.05, 3.63) is 65.2 Å². The van der Waals surface area contributed by atoms with E-state index in [4.69, 9.17) is 4.74 Å². The van der Waals surface area contributed by atoms with Crippen molar-refractivity contribution in [2.24, 2.45) is 0 Å². The lowest BCUT2D eigenvalue weighted by atomic mass is 9.87. The first-order chi connectivity index (χ1) is 12.2. The molecule has 0 aliphatic carbocycles. The Morgan fingerprint density at radius 1 is 0.962 bits per heavy atom. The highest BCUT2D eigenvalue weighted by Crippen LogP contribution is 2.24. The lowest BCUT2D eigenvalue weighted by Gasteiger charge is -2.19. The number of hydrogen-bond donors (Lipinski definition) is 2. The van der Waals surface area contributed by atoms with E-state index in [0.717, 1.165) is 12.1 Å². The van der Waals surface area contributed by atoms with E-state index in [9.17, 15) is 4.79 Å². The van der Waals surface area contributed by atoms with Gasteiger partial charge in [-0.15, -0.1) is 0 Å². The largest absolute Gasteiger partial charge is 0.484 e. The van der Waals surface area contributed by atoms with Gasteiger partial charge in [0.2, 0.25) is 0 Å². The average molecular weight is 356 g/mol. The summed E-state index contributed by atoms with van der Waals surface area (Å²) in [4.78, 5) is 13.4. The molecule has 26 heavy (non-hydrogen) atoms. The average Bonchev–Trinajstić information content (AvgIpc) is 2.58. The molecule has 2 rings (SSSR count). The number of hydrogen-bond acceptors (Lipinski definition) is 2. The molecule has 0 aliphatic heterocycles. The lowest BCUT2D eigenvalue weighted by Crippen LogP contribution is -3.04. The Bertz CT molecular complexity index is 698. The molecule has 0 saturated heterocycles. The first kappa shape index (κ1) is 20.0. The van der Waals surface area contributed by atoms with Gasteiger partial charge in [-0.3, -0.25) is 4.79 Å². The molecule has 0 bridgehead atoms. The second kappa shape index (κ2) is 8.86. The summed E-state index contributed by atoms with van der Waals surface area (Å²) in [6.07, 6.45) is 0. The smallest absolute Gasteiger partial charge is 0.258 e. The van der Waals surface area contributed by atoms with Crippen LogP contribution in [-0.4, -0.2) is 26.6 Å². The van der Waals surface area contributed by atoms with E-state index in [-0.39, 0.29) is 17.9 Å². The third-order valence-corrected chi connectivity index (χ3v) is 4.16. The van der Waals surface area contributed by atoms with Crippen molar-refractivity contribution in [3.8, 4) is 5.75 Å². The van der Waals surface area contributed by atoms with Crippen LogP contribution in [0.5, 0.6) is 5.75 Å². The molecule has 2 N–H and O–H groups in total. The highest BCUT2D eigenvalue weighted by molar-refractivity contribution is 5.77. The quantitative estimate of drug-likeness (QED) is 0.800. The van der Waals surface area contributed by atoms with Crippen LogP contribution in [0.3, 0.4) is 0 Å². The van der Waals surface area contributed by atoms with Gasteiger partial charge in [0.1, 0.15) is 12.3 Å². The fraction of sp³-hybridized carbons (Fsp3) is 0.409. The predicted octanol–water partition coefficient (Wildman–Crippen LogP) is 2.32. The van der Waals surface area contributed by atoms with Crippen molar-refractivity contribution in [1.29, 1.82) is 0 Å². The summed E-state index contributed by atoms with van der Waals surface area (Å²) in [5, 5.41) is 2.90. The van der Waals surface area contributed by atoms with Gasteiger partial charge in [-0.25, -0.2) is 0 Å². The van der Waals surface area contributed by atoms with E-state index in [1.807, 2.05) is 24.3 Å². The zero-order valence-electron chi connectivity index (χ0n) is 16.6. The minimum absolute atomic E-state index is 0.0247. The number of quaternary nitrogens is 1. The highest BCUT2D eigenvalue weighted by atomic mass is 16.5. The van der Waals surface area contributed by atoms with Crippen molar-refractivity contribution in [2.45, 2.75) is 39.3 Å². The van der Waals surface area contributed by atoms with Gasteiger partial charge < -0.3 is 15.0 Å². The molecular formula is C22H31N2O2+. The van der Waals surface area contributed by atoms with Gasteiger partial charge in [0.25, 0.3) is 5.91 Å². The summed E-state index contributed by atoms with van der Waals surface area (Å²) < 4.78 is 5.57. The number of rotatable bonds is 7. The van der Waals surface area contributed by atoms with Crippen LogP contribution in [0.4, 0.5) is 0 Å². The zero-order chi connectivity index (χ0) is 19.2. The number of ether oxygens (including phenoxy) is 1. The van der Waals surface area contributed by atoms with Crippen LogP contribution in [0.2, 0.25) is 0 Å². The van der Waals surface area contributed by atoms with Gasteiger partial charge in [0, 0.05) is 12.1 Å². The maximum atomic E-state index is 12.0. The normalized spacial score (nSPS) is 11.5. The molecule has 0 heterocycles. The van der Waals surface area contributed by atoms with Gasteiger partial charge in [-0.2, -0.15) is 0 Å². The van der Waals surface area contributed by atoms with Crippen LogP contribution in [-0.2, 0) is 23.3 Å². The van der Waals surface area contributed by atoms with Gasteiger partial charge in [0.15, 0.2) is 6.61 Å². The molecule has 4 heteroatoms. The molecular weight excluding hydrogens is 324 g/mol.